The Morgan fingerprint density at radius 3 is 2.35 bits per heavy atom. The molecule has 3 N–H and O–H groups in total. The Kier molecular flexibility index (Phi) is 7.75. The first kappa shape index (κ1) is 26.5. The van der Waals surface area contributed by atoms with E-state index in [1.807, 2.05) is 60.7 Å². The number of likely N-dealkylation sites (tertiary alicyclic amines) is 1. The van der Waals surface area contributed by atoms with E-state index in [-0.39, 0.29) is 25.0 Å². The van der Waals surface area contributed by atoms with Crippen LogP contribution in [0.4, 0.5) is 0 Å². The molecule has 1 fully saturated rings. The van der Waals surface area contributed by atoms with Crippen LogP contribution < -0.4 is 11.1 Å². The molecule has 0 bridgehead atoms. The number of hydrogen-bond donors (Lipinski definition) is 2. The number of hydrogen-bond acceptors (Lipinski definition) is 6. The molecule has 196 valence electrons. The van der Waals surface area contributed by atoms with Gasteiger partial charge in [-0.25, -0.2) is 5.01 Å². The Hall–Kier alpha value is -3.56. The van der Waals surface area contributed by atoms with Gasteiger partial charge >= 0.3 is 0 Å². The van der Waals surface area contributed by atoms with Crippen LogP contribution >= 0.6 is 0 Å². The number of piperidine rings is 1. The molecule has 3 amide bonds. The summed E-state index contributed by atoms with van der Waals surface area (Å²) in [7, 11) is 1.65. The molecular weight excluding hydrogens is 470 g/mol. The second-order valence-electron chi connectivity index (χ2n) is 10.4. The quantitative estimate of drug-likeness (QED) is 0.538. The van der Waals surface area contributed by atoms with Crippen LogP contribution in [0, 0.1) is 5.41 Å². The van der Waals surface area contributed by atoms with Gasteiger partial charge in [-0.1, -0.05) is 60.7 Å². The molecule has 9 nitrogen and oxygen atoms in total. The largest absolute Gasteiger partial charge is 0.374 e. The van der Waals surface area contributed by atoms with Crippen molar-refractivity contribution >= 4 is 23.4 Å². The number of carbonyl (C=O) groups is 3. The predicted octanol–water partition coefficient (Wildman–Crippen LogP) is 1.71. The van der Waals surface area contributed by atoms with E-state index in [1.165, 1.54) is 5.01 Å². The summed E-state index contributed by atoms with van der Waals surface area (Å²) in [5.41, 5.74) is 6.63. The molecule has 9 heteroatoms. The zero-order chi connectivity index (χ0) is 26.6. The average molecular weight is 506 g/mol. The summed E-state index contributed by atoms with van der Waals surface area (Å²) in [5.74, 6) is -0.892. The molecule has 2 heterocycles. The highest BCUT2D eigenvalue weighted by molar-refractivity contribution is 6.13. The van der Waals surface area contributed by atoms with Crippen molar-refractivity contribution in [1.29, 1.82) is 0 Å². The smallest absolute Gasteiger partial charge is 0.256 e. The van der Waals surface area contributed by atoms with Crippen molar-refractivity contribution in [1.82, 2.24) is 15.2 Å². The maximum absolute atomic E-state index is 13.8. The number of benzene rings is 2. The summed E-state index contributed by atoms with van der Waals surface area (Å²) in [6, 6.07) is 18.4. The van der Waals surface area contributed by atoms with E-state index in [1.54, 1.807) is 25.8 Å². The van der Waals surface area contributed by atoms with Crippen molar-refractivity contribution < 1.29 is 19.1 Å². The van der Waals surface area contributed by atoms with Gasteiger partial charge in [-0.05, 0) is 31.4 Å². The fourth-order valence-corrected chi connectivity index (χ4v) is 4.82. The van der Waals surface area contributed by atoms with Crippen molar-refractivity contribution in [2.45, 2.75) is 44.9 Å². The second kappa shape index (κ2) is 10.8. The summed E-state index contributed by atoms with van der Waals surface area (Å²) >= 11 is 0. The highest BCUT2D eigenvalue weighted by Crippen LogP contribution is 2.38. The molecule has 2 aromatic rings. The third kappa shape index (κ3) is 5.89. The molecule has 0 spiro atoms. The number of amides is 3. The third-order valence-electron chi connectivity index (χ3n) is 6.85. The van der Waals surface area contributed by atoms with E-state index in [2.05, 4.69) is 10.4 Å². The lowest BCUT2D eigenvalue weighted by Gasteiger charge is -2.40. The van der Waals surface area contributed by atoms with Gasteiger partial charge in [0.1, 0.15) is 11.5 Å². The van der Waals surface area contributed by atoms with Gasteiger partial charge < -0.3 is 20.7 Å². The van der Waals surface area contributed by atoms with Crippen LogP contribution in [0.5, 0.6) is 0 Å². The highest BCUT2D eigenvalue weighted by atomic mass is 16.5. The van der Waals surface area contributed by atoms with Crippen LogP contribution in [0.2, 0.25) is 0 Å². The lowest BCUT2D eigenvalue weighted by Crippen LogP contribution is -2.61. The molecule has 4 rings (SSSR count). The maximum atomic E-state index is 13.8. The van der Waals surface area contributed by atoms with Crippen LogP contribution in [-0.2, 0) is 32.1 Å². The number of nitrogens with one attached hydrogen (secondary N) is 1. The van der Waals surface area contributed by atoms with Gasteiger partial charge in [0.05, 0.1) is 24.5 Å². The summed E-state index contributed by atoms with van der Waals surface area (Å²) < 4.78 is 5.85. The number of ether oxygens (including phenoxy) is 1. The number of nitrogens with two attached hydrogens (primary N) is 1. The first-order chi connectivity index (χ1) is 17.6. The first-order valence-corrected chi connectivity index (χ1v) is 12.5. The minimum absolute atomic E-state index is 0.0213. The molecule has 0 aliphatic carbocycles. The number of fused-ring (bicyclic) bond motifs is 1. The Bertz CT molecular complexity index is 1160. The fraction of sp³-hybridized carbons (Fsp3) is 0.429. The monoisotopic (exact) mass is 505 g/mol. The van der Waals surface area contributed by atoms with Crippen LogP contribution in [-0.4, -0.2) is 71.7 Å². The topological polar surface area (TPSA) is 117 Å². The predicted molar refractivity (Wildman–Crippen MR) is 140 cm³/mol. The molecule has 2 aliphatic heterocycles. The van der Waals surface area contributed by atoms with Crippen molar-refractivity contribution in [2.24, 2.45) is 16.3 Å². The van der Waals surface area contributed by atoms with Crippen molar-refractivity contribution in [3.8, 4) is 0 Å². The van der Waals surface area contributed by atoms with Crippen LogP contribution in [0.15, 0.2) is 65.8 Å². The molecule has 37 heavy (non-hydrogen) atoms. The Labute approximate surface area is 217 Å². The number of hydrazone groups is 1. The van der Waals surface area contributed by atoms with Gasteiger partial charge in [-0.15, -0.1) is 0 Å². The van der Waals surface area contributed by atoms with Gasteiger partial charge in [0, 0.05) is 26.6 Å². The summed E-state index contributed by atoms with van der Waals surface area (Å²) in [6.45, 7) is 4.02. The normalized spacial score (nSPS) is 20.3. The summed E-state index contributed by atoms with van der Waals surface area (Å²) in [6.07, 6.45) is 0.916. The van der Waals surface area contributed by atoms with Gasteiger partial charge in [-0.3, -0.25) is 14.4 Å². The fourth-order valence-electron chi connectivity index (χ4n) is 4.82. The van der Waals surface area contributed by atoms with E-state index < -0.39 is 22.9 Å². The minimum atomic E-state index is -1.17. The van der Waals surface area contributed by atoms with E-state index >= 15 is 0 Å². The SMILES string of the molecule is CN1N=C2CCN(C(=O)[C@@H](COCc3ccccc3)NC(=O)C(C)(C)N)CC2(Cc2ccccc2)C1=O. The molecule has 0 radical (unpaired) electrons. The van der Waals surface area contributed by atoms with Crippen LogP contribution in [0.1, 0.15) is 31.4 Å². The minimum Gasteiger partial charge on any atom is -0.374 e. The third-order valence-corrected chi connectivity index (χ3v) is 6.85. The van der Waals surface area contributed by atoms with Gasteiger partial charge in [-0.2, -0.15) is 5.10 Å². The molecule has 1 unspecified atom stereocenters. The Balaban J connectivity index is 1.54. The summed E-state index contributed by atoms with van der Waals surface area (Å²) in [4.78, 5) is 41.6. The standard InChI is InChI=1S/C28H35N5O4/c1-27(2,29)25(35)30-22(18-37-17-21-12-8-5-9-13-21)24(34)33-15-14-23-28(19-33,26(36)32(3)31-23)16-20-10-6-4-7-11-20/h4-13,22H,14-19,29H2,1-3H3,(H,30,35)/t22-,28?/m1/s1. The van der Waals surface area contributed by atoms with E-state index in [9.17, 15) is 14.4 Å². The van der Waals surface area contributed by atoms with Gasteiger partial charge in [0.2, 0.25) is 11.8 Å². The first-order valence-electron chi connectivity index (χ1n) is 12.5. The lowest BCUT2D eigenvalue weighted by molar-refractivity contribution is -0.143. The van der Waals surface area contributed by atoms with E-state index in [0.29, 0.717) is 26.0 Å². The highest BCUT2D eigenvalue weighted by Gasteiger charge is 2.54. The summed E-state index contributed by atoms with van der Waals surface area (Å²) in [5, 5.41) is 8.67. The lowest BCUT2D eigenvalue weighted by atomic mass is 9.73. The average Bonchev–Trinajstić information content (AvgIpc) is 3.12. The van der Waals surface area contributed by atoms with Crippen LogP contribution in [0.25, 0.3) is 0 Å². The zero-order valence-corrected chi connectivity index (χ0v) is 21.6. The Morgan fingerprint density at radius 2 is 1.73 bits per heavy atom. The Morgan fingerprint density at radius 1 is 1.11 bits per heavy atom. The molecule has 1 saturated heterocycles. The maximum Gasteiger partial charge on any atom is 0.256 e. The molecule has 0 saturated carbocycles. The van der Waals surface area contributed by atoms with Crippen LogP contribution in [0.3, 0.4) is 0 Å². The van der Waals surface area contributed by atoms with E-state index in [0.717, 1.165) is 16.8 Å². The molecular formula is C28H35N5O4. The second-order valence-corrected chi connectivity index (χ2v) is 10.4. The van der Waals surface area contributed by atoms with E-state index in [4.69, 9.17) is 10.5 Å². The van der Waals surface area contributed by atoms with Crippen molar-refractivity contribution in [2.75, 3.05) is 26.7 Å². The number of rotatable bonds is 9. The van der Waals surface area contributed by atoms with Crippen molar-refractivity contribution in [3.63, 3.8) is 0 Å². The molecule has 2 aliphatic rings. The van der Waals surface area contributed by atoms with Gasteiger partial charge in [0.15, 0.2) is 0 Å². The number of nitrogens with zero attached hydrogens (tertiary/aromatic N) is 3. The molecule has 0 aromatic heterocycles. The zero-order valence-electron chi connectivity index (χ0n) is 21.6. The van der Waals surface area contributed by atoms with Crippen molar-refractivity contribution in [3.05, 3.63) is 71.8 Å². The molecule has 2 aromatic carbocycles. The molecule has 2 atom stereocenters. The van der Waals surface area contributed by atoms with Gasteiger partial charge in [0.25, 0.3) is 5.91 Å². The number of carbonyl (C=O) groups excluding carboxylic acids is 3.